The Morgan fingerprint density at radius 2 is 0.667 bits per heavy atom. The second-order valence-electron chi connectivity index (χ2n) is 16.9. The van der Waals surface area contributed by atoms with Gasteiger partial charge in [-0.25, -0.2) is 24.9 Å². The van der Waals surface area contributed by atoms with Crippen LogP contribution in [0.3, 0.4) is 0 Å². The third kappa shape index (κ3) is 6.63. The number of hydrogen-bond acceptors (Lipinski definition) is 6. The Morgan fingerprint density at radius 3 is 1.15 bits per heavy atom. The summed E-state index contributed by atoms with van der Waals surface area (Å²) in [5.74, 6) is 0. The summed E-state index contributed by atoms with van der Waals surface area (Å²) in [7, 11) is 0. The topological polar surface area (TPSA) is 76.5 Å². The summed E-state index contributed by atoms with van der Waals surface area (Å²) >= 11 is 0. The van der Waals surface area contributed by atoms with Crippen LogP contribution in [0.4, 0.5) is 5.69 Å². The molecule has 0 fully saturated rings. The molecule has 0 saturated carbocycles. The van der Waals surface area contributed by atoms with Gasteiger partial charge in [-0.2, -0.15) is 0 Å². The summed E-state index contributed by atoms with van der Waals surface area (Å²) in [4.78, 5) is 26.2. The van der Waals surface area contributed by atoms with E-state index in [1.807, 2.05) is 24.3 Å². The number of nitrogens with zero attached hydrogens (tertiary/aromatic N) is 5. The lowest BCUT2D eigenvalue weighted by Crippen LogP contribution is -2.13. The number of nitrogens with one attached hydrogen (secondary N) is 1. The van der Waals surface area contributed by atoms with Gasteiger partial charge in [-0.1, -0.05) is 176 Å². The van der Waals surface area contributed by atoms with Crippen LogP contribution < -0.4 is 5.32 Å². The fourth-order valence-corrected chi connectivity index (χ4v) is 9.38. The largest absolute Gasteiger partial charge is 0.372 e. The van der Waals surface area contributed by atoms with Gasteiger partial charge in [-0.05, 0) is 53.6 Å². The Kier molecular flexibility index (Phi) is 8.81. The van der Waals surface area contributed by atoms with Crippen LogP contribution in [0.1, 0.15) is 17.2 Å². The standard InChI is InChI=1S/C60H38N6/c1-3-9-37(10-4-1)49-29-23-39-17-19-41-25-31-51(63-57(41)55(39)61-49)45-13-7-15-47(35-45)53-33-27-43-21-22-44-28-34-54(66-60(44)59(43)65-53)48-16-8-14-46(36-48)52-32-26-42-20-18-40-24-30-50(38-11-5-2-6-12-38)62-56(40)58(42)64-52/h1-36,51,63H. The molecule has 1 aliphatic rings. The first kappa shape index (κ1) is 37.7. The SMILES string of the molecule is C1=CC(c2cccc(-c3ccc4ccc5ccc(-c6cccc(-c7ccc8ccc9ccc(-c%10ccccc%10)nc9c8n7)c6)nc5c4n3)c2)Nc2c1ccc1ccc(-c3ccccc3)nc21. The molecular weight excluding hydrogens is 805 g/mol. The third-order valence-electron chi connectivity index (χ3n) is 12.8. The van der Waals surface area contributed by atoms with Crippen LogP contribution in [-0.4, -0.2) is 24.9 Å². The Morgan fingerprint density at radius 1 is 0.303 bits per heavy atom. The average Bonchev–Trinajstić information content (AvgIpc) is 3.40. The van der Waals surface area contributed by atoms with E-state index in [1.54, 1.807) is 0 Å². The van der Waals surface area contributed by atoms with E-state index in [0.29, 0.717) is 0 Å². The molecule has 308 valence electrons. The van der Waals surface area contributed by atoms with Gasteiger partial charge in [0.05, 0.1) is 67.8 Å². The third-order valence-corrected chi connectivity index (χ3v) is 12.8. The predicted octanol–water partition coefficient (Wildman–Crippen LogP) is 14.9. The van der Waals surface area contributed by atoms with Gasteiger partial charge in [0.2, 0.25) is 0 Å². The average molecular weight is 843 g/mol. The maximum atomic E-state index is 5.33. The van der Waals surface area contributed by atoms with Crippen LogP contribution in [-0.2, 0) is 0 Å². The molecule has 6 heteroatoms. The van der Waals surface area contributed by atoms with E-state index in [0.717, 1.165) is 128 Å². The zero-order valence-electron chi connectivity index (χ0n) is 35.6. The van der Waals surface area contributed by atoms with Crippen molar-refractivity contribution >= 4 is 66.3 Å². The highest BCUT2D eigenvalue weighted by atomic mass is 14.9. The quantitative estimate of drug-likeness (QED) is 0.168. The molecule has 5 aromatic heterocycles. The first-order valence-electron chi connectivity index (χ1n) is 22.3. The lowest BCUT2D eigenvalue weighted by Gasteiger charge is -2.24. The molecule has 0 aliphatic carbocycles. The van der Waals surface area contributed by atoms with Crippen molar-refractivity contribution in [3.63, 3.8) is 0 Å². The minimum Gasteiger partial charge on any atom is -0.372 e. The molecule has 0 bridgehead atoms. The van der Waals surface area contributed by atoms with Crippen LogP contribution in [0.2, 0.25) is 0 Å². The van der Waals surface area contributed by atoms with Gasteiger partial charge in [0.1, 0.15) is 0 Å². The highest BCUT2D eigenvalue weighted by molar-refractivity contribution is 6.05. The van der Waals surface area contributed by atoms with E-state index in [4.69, 9.17) is 24.9 Å². The molecule has 0 saturated heterocycles. The summed E-state index contributed by atoms with van der Waals surface area (Å²) < 4.78 is 0. The Balaban J connectivity index is 0.831. The number of pyridine rings is 5. The Hall–Kier alpha value is -8.87. The maximum Gasteiger partial charge on any atom is 0.0972 e. The van der Waals surface area contributed by atoms with Crippen molar-refractivity contribution in [1.82, 2.24) is 24.9 Å². The van der Waals surface area contributed by atoms with Gasteiger partial charge in [0.25, 0.3) is 0 Å². The summed E-state index contributed by atoms with van der Waals surface area (Å²) in [6.07, 6.45) is 4.44. The van der Waals surface area contributed by atoms with E-state index in [-0.39, 0.29) is 6.04 Å². The summed E-state index contributed by atoms with van der Waals surface area (Å²) in [5, 5.41) is 9.14. The van der Waals surface area contributed by atoms with E-state index in [2.05, 4.69) is 199 Å². The van der Waals surface area contributed by atoms with Crippen molar-refractivity contribution in [3.05, 3.63) is 223 Å². The molecule has 7 aromatic carbocycles. The van der Waals surface area contributed by atoms with Gasteiger partial charge in [-0.3, -0.25) is 0 Å². The molecule has 0 amide bonds. The van der Waals surface area contributed by atoms with Gasteiger partial charge < -0.3 is 5.32 Å². The van der Waals surface area contributed by atoms with E-state index in [1.165, 1.54) is 0 Å². The fourth-order valence-electron chi connectivity index (χ4n) is 9.38. The minimum absolute atomic E-state index is 0.0418. The van der Waals surface area contributed by atoms with Crippen LogP contribution in [0.15, 0.2) is 212 Å². The molecule has 1 unspecified atom stereocenters. The van der Waals surface area contributed by atoms with Gasteiger partial charge in [0.15, 0.2) is 0 Å². The molecule has 6 nitrogen and oxygen atoms in total. The summed E-state index contributed by atoms with van der Waals surface area (Å²) in [5.41, 5.74) is 17.6. The fraction of sp³-hybridized carbons (Fsp3) is 0.0167. The maximum absolute atomic E-state index is 5.33. The first-order chi connectivity index (χ1) is 32.6. The number of aromatic nitrogens is 5. The summed E-state index contributed by atoms with van der Waals surface area (Å²) in [6.45, 7) is 0. The van der Waals surface area contributed by atoms with Gasteiger partial charge >= 0.3 is 0 Å². The van der Waals surface area contributed by atoms with Crippen LogP contribution >= 0.6 is 0 Å². The van der Waals surface area contributed by atoms with Crippen molar-refractivity contribution in [2.24, 2.45) is 0 Å². The van der Waals surface area contributed by atoms with Crippen LogP contribution in [0.5, 0.6) is 0 Å². The molecule has 13 rings (SSSR count). The molecule has 6 heterocycles. The van der Waals surface area contributed by atoms with Crippen molar-refractivity contribution < 1.29 is 0 Å². The molecule has 0 radical (unpaired) electrons. The molecule has 66 heavy (non-hydrogen) atoms. The zero-order chi connectivity index (χ0) is 43.6. The van der Waals surface area contributed by atoms with E-state index < -0.39 is 0 Å². The molecule has 1 atom stereocenters. The van der Waals surface area contributed by atoms with Crippen molar-refractivity contribution in [1.29, 1.82) is 0 Å². The van der Waals surface area contributed by atoms with Crippen LogP contribution in [0.25, 0.3) is 117 Å². The lowest BCUT2D eigenvalue weighted by molar-refractivity contribution is 0.981. The predicted molar refractivity (Wildman–Crippen MR) is 272 cm³/mol. The number of benzene rings is 7. The van der Waals surface area contributed by atoms with Crippen molar-refractivity contribution in [3.8, 4) is 56.3 Å². The minimum atomic E-state index is -0.0418. The Bertz CT molecular complexity index is 3920. The van der Waals surface area contributed by atoms with Crippen LogP contribution in [0, 0.1) is 0 Å². The molecule has 12 aromatic rings. The van der Waals surface area contributed by atoms with Gasteiger partial charge in [-0.15, -0.1) is 0 Å². The summed E-state index contributed by atoms with van der Waals surface area (Å²) in [6, 6.07) is 71.8. The highest BCUT2D eigenvalue weighted by Gasteiger charge is 2.20. The molecule has 0 spiro atoms. The number of rotatable bonds is 6. The first-order valence-corrected chi connectivity index (χ1v) is 22.3. The second kappa shape index (κ2) is 15.4. The molecule has 1 aliphatic heterocycles. The zero-order valence-corrected chi connectivity index (χ0v) is 35.6. The smallest absolute Gasteiger partial charge is 0.0972 e. The normalized spacial score (nSPS) is 13.4. The lowest BCUT2D eigenvalue weighted by atomic mass is 9.96. The second-order valence-corrected chi connectivity index (χ2v) is 16.9. The van der Waals surface area contributed by atoms with Crippen molar-refractivity contribution in [2.75, 3.05) is 5.32 Å². The molecular formula is C60H38N6. The number of fused-ring (bicyclic) bond motifs is 9. The highest BCUT2D eigenvalue weighted by Crippen LogP contribution is 2.38. The van der Waals surface area contributed by atoms with Gasteiger partial charge in [0, 0.05) is 54.7 Å². The monoisotopic (exact) mass is 842 g/mol. The number of anilines is 1. The van der Waals surface area contributed by atoms with E-state index in [9.17, 15) is 0 Å². The number of hydrogen-bond donors (Lipinski definition) is 1. The molecule has 1 N–H and O–H groups in total. The van der Waals surface area contributed by atoms with E-state index >= 15 is 0 Å². The van der Waals surface area contributed by atoms with Crippen molar-refractivity contribution in [2.45, 2.75) is 6.04 Å². The Labute approximate surface area is 380 Å².